The standard InChI is InChI=1S/C19H26N4O2.Li.H/c1-22-13-5-3-6-14(22)10-12(9-13)20-11-16-18-15(19(24)25)7-4-8-17(18)23(2)21-16;;/h4,7-8,12-14,20H,3,5-6,9-11H2,1-2H3,(H,24,25);;. The van der Waals surface area contributed by atoms with E-state index in [2.05, 4.69) is 22.4 Å². The Morgan fingerprint density at radius 3 is 2.62 bits per heavy atom. The number of carboxylic acid groups (broad SMARTS) is 1. The molecule has 3 heterocycles. The van der Waals surface area contributed by atoms with Gasteiger partial charge in [-0.1, -0.05) is 12.5 Å². The molecule has 0 aliphatic carbocycles. The first-order chi connectivity index (χ1) is 12.0. The number of aryl methyl sites for hydroxylation is 1. The van der Waals surface area contributed by atoms with Crippen molar-refractivity contribution in [3.63, 3.8) is 0 Å². The van der Waals surface area contributed by atoms with Crippen molar-refractivity contribution in [1.82, 2.24) is 20.0 Å². The molecule has 6 nitrogen and oxygen atoms in total. The minimum absolute atomic E-state index is 0. The molecule has 136 valence electrons. The molecule has 0 amide bonds. The van der Waals surface area contributed by atoms with Crippen LogP contribution in [0.15, 0.2) is 18.2 Å². The molecule has 26 heavy (non-hydrogen) atoms. The van der Waals surface area contributed by atoms with Crippen molar-refractivity contribution in [3.05, 3.63) is 29.5 Å². The van der Waals surface area contributed by atoms with Crippen LogP contribution < -0.4 is 5.32 Å². The van der Waals surface area contributed by atoms with Crippen LogP contribution in [-0.4, -0.2) is 69.8 Å². The summed E-state index contributed by atoms with van der Waals surface area (Å²) in [7, 11) is 4.13. The van der Waals surface area contributed by atoms with Gasteiger partial charge in [0.2, 0.25) is 0 Å². The number of hydrogen-bond donors (Lipinski definition) is 2. The Kier molecular flexibility index (Phi) is 5.78. The van der Waals surface area contributed by atoms with E-state index in [0.29, 0.717) is 30.2 Å². The number of rotatable bonds is 4. The normalized spacial score (nSPS) is 25.8. The zero-order valence-electron chi connectivity index (χ0n) is 14.9. The SMILES string of the molecule is CN1C2CCCC1CC(NCc1nn(C)c3cccc(C(=O)O)c13)C2.[LiH]. The summed E-state index contributed by atoms with van der Waals surface area (Å²) in [5.74, 6) is -0.895. The van der Waals surface area contributed by atoms with Crippen molar-refractivity contribution in [2.24, 2.45) is 7.05 Å². The van der Waals surface area contributed by atoms with Crippen LogP contribution in [0.4, 0.5) is 0 Å². The van der Waals surface area contributed by atoms with Crippen LogP contribution in [0.3, 0.4) is 0 Å². The summed E-state index contributed by atoms with van der Waals surface area (Å²) in [6.45, 7) is 0.620. The van der Waals surface area contributed by atoms with E-state index in [1.165, 1.54) is 32.1 Å². The van der Waals surface area contributed by atoms with Gasteiger partial charge in [-0.2, -0.15) is 5.10 Å². The Balaban J connectivity index is 0.00000196. The van der Waals surface area contributed by atoms with Crippen LogP contribution in [0, 0.1) is 0 Å². The van der Waals surface area contributed by atoms with Crippen molar-refractivity contribution < 1.29 is 9.90 Å². The fourth-order valence-corrected chi connectivity index (χ4v) is 4.72. The third-order valence-electron chi connectivity index (χ3n) is 6.08. The molecule has 1 aromatic heterocycles. The Bertz CT molecular complexity index is 792. The summed E-state index contributed by atoms with van der Waals surface area (Å²) in [5.41, 5.74) is 2.04. The van der Waals surface area contributed by atoms with Gasteiger partial charge in [-0.05, 0) is 44.9 Å². The van der Waals surface area contributed by atoms with Gasteiger partial charge in [0.05, 0.1) is 16.8 Å². The fraction of sp³-hybridized carbons (Fsp3) is 0.579. The zero-order valence-corrected chi connectivity index (χ0v) is 14.9. The van der Waals surface area contributed by atoms with E-state index in [9.17, 15) is 9.90 Å². The number of nitrogens with zero attached hydrogens (tertiary/aromatic N) is 3. The third-order valence-corrected chi connectivity index (χ3v) is 6.08. The molecule has 2 atom stereocenters. The van der Waals surface area contributed by atoms with Gasteiger partial charge in [-0.3, -0.25) is 4.68 Å². The Hall–Kier alpha value is -1.32. The van der Waals surface area contributed by atoms with Gasteiger partial charge in [0.1, 0.15) is 0 Å². The zero-order chi connectivity index (χ0) is 17.6. The molecule has 0 radical (unpaired) electrons. The van der Waals surface area contributed by atoms with Crippen molar-refractivity contribution in [2.75, 3.05) is 7.05 Å². The average Bonchev–Trinajstić information content (AvgIpc) is 2.90. The Morgan fingerprint density at radius 2 is 1.96 bits per heavy atom. The number of carboxylic acids is 1. The summed E-state index contributed by atoms with van der Waals surface area (Å²) >= 11 is 0. The number of hydrogen-bond acceptors (Lipinski definition) is 4. The number of fused-ring (bicyclic) bond motifs is 3. The van der Waals surface area contributed by atoms with Crippen LogP contribution >= 0.6 is 0 Å². The van der Waals surface area contributed by atoms with Gasteiger partial charge >= 0.3 is 24.8 Å². The van der Waals surface area contributed by atoms with E-state index in [1.54, 1.807) is 16.8 Å². The summed E-state index contributed by atoms with van der Waals surface area (Å²) in [4.78, 5) is 14.1. The second-order valence-corrected chi connectivity index (χ2v) is 7.53. The molecule has 2 aliphatic heterocycles. The van der Waals surface area contributed by atoms with Crippen LogP contribution in [-0.2, 0) is 13.6 Å². The molecule has 2 aliphatic rings. The first-order valence-corrected chi connectivity index (χ1v) is 9.18. The number of piperidine rings is 2. The van der Waals surface area contributed by atoms with Gasteiger partial charge in [-0.15, -0.1) is 0 Å². The third kappa shape index (κ3) is 3.44. The van der Waals surface area contributed by atoms with Crippen LogP contribution in [0.25, 0.3) is 10.9 Å². The number of benzene rings is 1. The second-order valence-electron chi connectivity index (χ2n) is 7.53. The molecule has 0 spiro atoms. The van der Waals surface area contributed by atoms with Gasteiger partial charge in [0, 0.05) is 37.1 Å². The van der Waals surface area contributed by atoms with E-state index in [1.807, 2.05) is 13.1 Å². The number of nitrogens with one attached hydrogen (secondary N) is 1. The molecule has 7 heteroatoms. The molecule has 2 unspecified atom stereocenters. The van der Waals surface area contributed by atoms with Crippen LogP contribution in [0.1, 0.15) is 48.2 Å². The maximum atomic E-state index is 11.6. The Morgan fingerprint density at radius 1 is 1.27 bits per heavy atom. The van der Waals surface area contributed by atoms with Crippen molar-refractivity contribution in [1.29, 1.82) is 0 Å². The van der Waals surface area contributed by atoms with Gasteiger partial charge in [0.25, 0.3) is 0 Å². The van der Waals surface area contributed by atoms with Gasteiger partial charge in [-0.25, -0.2) is 4.79 Å². The van der Waals surface area contributed by atoms with Gasteiger partial charge in [0.15, 0.2) is 0 Å². The maximum absolute atomic E-state index is 11.6. The molecule has 4 rings (SSSR count). The topological polar surface area (TPSA) is 70.4 Å². The molecular formula is C19H27LiN4O2. The van der Waals surface area contributed by atoms with E-state index in [0.717, 1.165) is 16.6 Å². The molecule has 0 saturated carbocycles. The van der Waals surface area contributed by atoms with Crippen LogP contribution in [0.2, 0.25) is 0 Å². The summed E-state index contributed by atoms with van der Waals surface area (Å²) in [6, 6.07) is 7.22. The summed E-state index contributed by atoms with van der Waals surface area (Å²) in [6.07, 6.45) is 6.27. The number of aromatic carboxylic acids is 1. The molecule has 2 aromatic rings. The molecule has 2 fully saturated rings. The van der Waals surface area contributed by atoms with Crippen molar-refractivity contribution in [2.45, 2.75) is 56.8 Å². The van der Waals surface area contributed by atoms with E-state index in [4.69, 9.17) is 0 Å². The predicted molar refractivity (Wildman–Crippen MR) is 104 cm³/mol. The minimum atomic E-state index is -0.895. The molecule has 2 saturated heterocycles. The monoisotopic (exact) mass is 350 g/mol. The number of carbonyl (C=O) groups is 1. The van der Waals surface area contributed by atoms with Crippen LogP contribution in [0.5, 0.6) is 0 Å². The first kappa shape index (κ1) is 19.4. The van der Waals surface area contributed by atoms with E-state index >= 15 is 0 Å². The van der Waals surface area contributed by atoms with Crippen molar-refractivity contribution >= 4 is 35.7 Å². The average molecular weight is 350 g/mol. The van der Waals surface area contributed by atoms with Gasteiger partial charge < -0.3 is 15.3 Å². The van der Waals surface area contributed by atoms with Crippen molar-refractivity contribution in [3.8, 4) is 0 Å². The number of aromatic nitrogens is 2. The molecule has 2 bridgehead atoms. The fourth-order valence-electron chi connectivity index (χ4n) is 4.72. The molecule has 2 N–H and O–H groups in total. The summed E-state index contributed by atoms with van der Waals surface area (Å²) < 4.78 is 1.78. The molecule has 1 aromatic carbocycles. The van der Waals surface area contributed by atoms with E-state index < -0.39 is 5.97 Å². The summed E-state index contributed by atoms with van der Waals surface area (Å²) in [5, 5.41) is 18.5. The van der Waals surface area contributed by atoms with E-state index in [-0.39, 0.29) is 18.9 Å². The quantitative estimate of drug-likeness (QED) is 0.822. The first-order valence-electron chi connectivity index (χ1n) is 9.18. The predicted octanol–water partition coefficient (Wildman–Crippen LogP) is 1.73. The Labute approximate surface area is 166 Å². The molecular weight excluding hydrogens is 323 g/mol. The second kappa shape index (κ2) is 7.73.